The van der Waals surface area contributed by atoms with Gasteiger partial charge in [-0.25, -0.2) is 4.79 Å². The van der Waals surface area contributed by atoms with Gasteiger partial charge in [-0.2, -0.15) is 0 Å². The summed E-state index contributed by atoms with van der Waals surface area (Å²) in [6, 6.07) is 7.97. The van der Waals surface area contributed by atoms with Crippen LogP contribution in [0.4, 0.5) is 0 Å². The molecule has 1 aliphatic heterocycles. The van der Waals surface area contributed by atoms with E-state index in [1.165, 1.54) is 30.6 Å². The molecule has 5 nitrogen and oxygen atoms in total. The molecule has 1 aromatic carbocycles. The number of carbonyl (C=O) groups is 1. The number of thioether (sulfide) groups is 1. The number of nitrogens with one attached hydrogen (secondary N) is 1. The molecule has 1 N–H and O–H groups in total. The van der Waals surface area contributed by atoms with E-state index in [4.69, 9.17) is 9.47 Å². The molecule has 2 bridgehead atoms. The van der Waals surface area contributed by atoms with Crippen molar-refractivity contribution in [2.45, 2.75) is 42.4 Å². The van der Waals surface area contributed by atoms with Gasteiger partial charge in [-0.15, -0.1) is 11.8 Å². The molecule has 2 fully saturated rings. The van der Waals surface area contributed by atoms with Crippen molar-refractivity contribution < 1.29 is 14.3 Å². The number of hydrogen-bond donors (Lipinski definition) is 1. The molecule has 7 heteroatoms. The number of esters is 1. The van der Waals surface area contributed by atoms with Crippen molar-refractivity contribution in [2.24, 2.45) is 17.8 Å². The van der Waals surface area contributed by atoms with Gasteiger partial charge in [-0.1, -0.05) is 29.5 Å². The minimum Gasteiger partial charge on any atom is -0.482 e. The van der Waals surface area contributed by atoms with Gasteiger partial charge >= 0.3 is 10.8 Å². The lowest BCUT2D eigenvalue weighted by molar-refractivity contribution is -0.145. The molecule has 5 rings (SSSR count). The highest BCUT2D eigenvalue weighted by molar-refractivity contribution is 8.00. The molecular formula is C21H23NO4S2. The van der Waals surface area contributed by atoms with E-state index in [-0.39, 0.29) is 23.4 Å². The first-order chi connectivity index (χ1) is 13.7. The fourth-order valence-electron chi connectivity index (χ4n) is 5.41. The maximum Gasteiger partial charge on any atom is 0.344 e. The van der Waals surface area contributed by atoms with E-state index in [0.717, 1.165) is 27.1 Å². The third kappa shape index (κ3) is 2.99. The zero-order valence-corrected chi connectivity index (χ0v) is 17.3. The number of carbonyl (C=O) groups excluding carboxylic acids is 1. The molecule has 28 heavy (non-hydrogen) atoms. The van der Waals surface area contributed by atoms with E-state index < -0.39 is 0 Å². The number of hydrogen-bond acceptors (Lipinski definition) is 6. The van der Waals surface area contributed by atoms with Crippen LogP contribution in [0.5, 0.6) is 5.75 Å². The highest BCUT2D eigenvalue weighted by Crippen LogP contribution is 2.64. The lowest BCUT2D eigenvalue weighted by Crippen LogP contribution is -2.34. The largest absolute Gasteiger partial charge is 0.482 e. The van der Waals surface area contributed by atoms with Crippen molar-refractivity contribution in [3.63, 3.8) is 0 Å². The quantitative estimate of drug-likeness (QED) is 0.744. The van der Waals surface area contributed by atoms with Crippen LogP contribution in [0.2, 0.25) is 0 Å². The number of rotatable bonds is 5. The number of H-pyrrole nitrogens is 1. The summed E-state index contributed by atoms with van der Waals surface area (Å²) in [5.41, 5.74) is 1.09. The van der Waals surface area contributed by atoms with Gasteiger partial charge in [-0.3, -0.25) is 4.79 Å². The second-order valence-corrected chi connectivity index (χ2v) is 10.0. The predicted octanol–water partition coefficient (Wildman–Crippen LogP) is 4.03. The van der Waals surface area contributed by atoms with Crippen LogP contribution in [0.15, 0.2) is 34.1 Å². The number of benzene rings is 1. The molecule has 2 saturated carbocycles. The molecule has 5 atom stereocenters. The Morgan fingerprint density at radius 1 is 1.25 bits per heavy atom. The number of aromatic nitrogens is 1. The SMILES string of the molecule is CCOC(=O)COc1ccccc1[C@H]1c2sc(=O)[nH]c2S[C@@H]2[C@@H]3CC[C@H](C3)[C@H]12. The highest BCUT2D eigenvalue weighted by Gasteiger charge is 2.55. The summed E-state index contributed by atoms with van der Waals surface area (Å²) in [6.45, 7) is 2.04. The van der Waals surface area contributed by atoms with E-state index in [1.807, 2.05) is 30.0 Å². The Labute approximate surface area is 171 Å². The summed E-state index contributed by atoms with van der Waals surface area (Å²) in [6.07, 6.45) is 3.88. The molecule has 1 aromatic heterocycles. The summed E-state index contributed by atoms with van der Waals surface area (Å²) in [4.78, 5) is 28.2. The van der Waals surface area contributed by atoms with Gasteiger partial charge in [-0.05, 0) is 50.0 Å². The average molecular weight is 418 g/mol. The second-order valence-electron chi connectivity index (χ2n) is 7.81. The van der Waals surface area contributed by atoms with Crippen LogP contribution in [0, 0.1) is 17.8 Å². The van der Waals surface area contributed by atoms with E-state index in [2.05, 4.69) is 11.1 Å². The lowest BCUT2D eigenvalue weighted by atomic mass is 9.74. The first-order valence-corrected chi connectivity index (χ1v) is 11.6. The number of para-hydroxylation sites is 1. The highest BCUT2D eigenvalue weighted by atomic mass is 32.2. The Morgan fingerprint density at radius 2 is 2.07 bits per heavy atom. The number of aromatic amines is 1. The van der Waals surface area contributed by atoms with Crippen molar-refractivity contribution in [2.75, 3.05) is 13.2 Å². The third-order valence-electron chi connectivity index (χ3n) is 6.37. The molecule has 3 aliphatic rings. The molecular weight excluding hydrogens is 394 g/mol. The molecule has 2 aliphatic carbocycles. The predicted molar refractivity (Wildman–Crippen MR) is 109 cm³/mol. The maximum atomic E-state index is 12.2. The average Bonchev–Trinajstić information content (AvgIpc) is 3.39. The second kappa shape index (κ2) is 7.26. The Hall–Kier alpha value is -1.73. The maximum absolute atomic E-state index is 12.2. The van der Waals surface area contributed by atoms with Crippen molar-refractivity contribution in [1.82, 2.24) is 4.98 Å². The van der Waals surface area contributed by atoms with Gasteiger partial charge in [0, 0.05) is 21.6 Å². The number of thiazole rings is 1. The molecule has 0 radical (unpaired) electrons. The van der Waals surface area contributed by atoms with Gasteiger partial charge in [0.25, 0.3) is 0 Å². The normalized spacial score (nSPS) is 30.0. The summed E-state index contributed by atoms with van der Waals surface area (Å²) < 4.78 is 10.9. The van der Waals surface area contributed by atoms with E-state index in [1.54, 1.807) is 6.92 Å². The molecule has 148 valence electrons. The molecule has 0 spiro atoms. The van der Waals surface area contributed by atoms with Crippen molar-refractivity contribution in [3.05, 3.63) is 44.4 Å². The Kier molecular flexibility index (Phi) is 4.75. The van der Waals surface area contributed by atoms with Gasteiger partial charge in [0.2, 0.25) is 0 Å². The fourth-order valence-corrected chi connectivity index (χ4v) is 8.29. The zero-order chi connectivity index (χ0) is 19.3. The van der Waals surface area contributed by atoms with Crippen LogP contribution in [0.1, 0.15) is 42.5 Å². The Morgan fingerprint density at radius 3 is 2.93 bits per heavy atom. The lowest BCUT2D eigenvalue weighted by Gasteiger charge is -2.40. The van der Waals surface area contributed by atoms with Crippen molar-refractivity contribution in [3.8, 4) is 5.75 Å². The Bertz CT molecular complexity index is 952. The van der Waals surface area contributed by atoms with Gasteiger partial charge in [0.1, 0.15) is 5.75 Å². The summed E-state index contributed by atoms with van der Waals surface area (Å²) in [5, 5.41) is 1.59. The topological polar surface area (TPSA) is 68.4 Å². The van der Waals surface area contributed by atoms with Gasteiger partial charge in [0.05, 0.1) is 11.6 Å². The third-order valence-corrected chi connectivity index (χ3v) is 8.99. The number of ether oxygens (including phenoxy) is 2. The van der Waals surface area contributed by atoms with Crippen LogP contribution in [0.25, 0.3) is 0 Å². The van der Waals surface area contributed by atoms with Crippen LogP contribution in [0.3, 0.4) is 0 Å². The first-order valence-electron chi connectivity index (χ1n) is 9.92. The van der Waals surface area contributed by atoms with Crippen LogP contribution >= 0.6 is 23.1 Å². The van der Waals surface area contributed by atoms with Crippen LogP contribution in [-0.2, 0) is 9.53 Å². The summed E-state index contributed by atoms with van der Waals surface area (Å²) in [5.74, 6) is 2.48. The van der Waals surface area contributed by atoms with E-state index in [9.17, 15) is 9.59 Å². The van der Waals surface area contributed by atoms with Crippen LogP contribution < -0.4 is 9.61 Å². The van der Waals surface area contributed by atoms with Gasteiger partial charge < -0.3 is 14.5 Å². The van der Waals surface area contributed by atoms with Crippen molar-refractivity contribution >= 4 is 29.1 Å². The standard InChI is InChI=1S/C21H23NO4S2/c1-2-25-15(23)10-26-14-6-4-3-5-13(14)17-16-11-7-8-12(9-11)18(16)27-20-19(17)28-21(24)22-20/h3-6,11-12,16-18H,2,7-10H2,1H3,(H,22,24)/t11-,12-,16-,17-,18-/m1/s1. The van der Waals surface area contributed by atoms with Crippen LogP contribution in [-0.4, -0.2) is 29.4 Å². The molecule has 0 unspecified atom stereocenters. The number of fused-ring (bicyclic) bond motifs is 6. The van der Waals surface area contributed by atoms with E-state index >= 15 is 0 Å². The molecule has 0 amide bonds. The molecule has 2 heterocycles. The smallest absolute Gasteiger partial charge is 0.344 e. The fraction of sp³-hybridized carbons (Fsp3) is 0.524. The van der Waals surface area contributed by atoms with Crippen molar-refractivity contribution in [1.29, 1.82) is 0 Å². The van der Waals surface area contributed by atoms with Gasteiger partial charge in [0.15, 0.2) is 6.61 Å². The Balaban J connectivity index is 1.54. The minimum atomic E-state index is -0.360. The van der Waals surface area contributed by atoms with E-state index in [0.29, 0.717) is 23.7 Å². The molecule has 2 aromatic rings. The summed E-state index contributed by atoms with van der Waals surface area (Å²) in [7, 11) is 0. The zero-order valence-electron chi connectivity index (χ0n) is 15.7. The monoisotopic (exact) mass is 417 g/mol. The minimum absolute atomic E-state index is 0.0137. The summed E-state index contributed by atoms with van der Waals surface area (Å²) >= 11 is 3.21. The molecule has 0 saturated heterocycles. The first kappa shape index (κ1) is 18.3.